The molecule has 0 unspecified atom stereocenters. The molecule has 0 fully saturated rings. The molecule has 0 amide bonds. The van der Waals surface area contributed by atoms with Gasteiger partial charge in [-0.2, -0.15) is 0 Å². The quantitative estimate of drug-likeness (QED) is 0.829. The van der Waals surface area contributed by atoms with Crippen LogP contribution in [0.1, 0.15) is 5.56 Å². The molecule has 0 saturated carbocycles. The third-order valence-corrected chi connectivity index (χ3v) is 3.39. The minimum absolute atomic E-state index is 0.0318. The topological polar surface area (TPSA) is 84.3 Å². The number of rotatable bonds is 6. The molecule has 0 spiro atoms. The van der Waals surface area contributed by atoms with E-state index in [1.54, 1.807) is 12.1 Å². The SMILES string of the molecule is O=c1[nH]c(=O)n(C[C@H](O)COCc2ccc(Cl)cc2)cc1Cl. The molecule has 0 aliphatic heterocycles. The molecule has 0 aliphatic rings. The van der Waals surface area contributed by atoms with Gasteiger partial charge in [-0.1, -0.05) is 35.3 Å². The van der Waals surface area contributed by atoms with Gasteiger partial charge >= 0.3 is 5.69 Å². The van der Waals surface area contributed by atoms with Gasteiger partial charge in [-0.3, -0.25) is 14.3 Å². The summed E-state index contributed by atoms with van der Waals surface area (Å²) in [6.07, 6.45) is 0.275. The fraction of sp³-hybridized carbons (Fsp3) is 0.286. The highest BCUT2D eigenvalue weighted by Gasteiger charge is 2.09. The molecule has 0 bridgehead atoms. The zero-order valence-electron chi connectivity index (χ0n) is 11.5. The summed E-state index contributed by atoms with van der Waals surface area (Å²) < 4.78 is 6.50. The van der Waals surface area contributed by atoms with E-state index >= 15 is 0 Å². The van der Waals surface area contributed by atoms with E-state index < -0.39 is 17.4 Å². The lowest BCUT2D eigenvalue weighted by atomic mass is 10.2. The number of aliphatic hydroxyl groups is 1. The number of benzene rings is 1. The summed E-state index contributed by atoms with van der Waals surface area (Å²) >= 11 is 11.4. The van der Waals surface area contributed by atoms with Gasteiger partial charge in [0.1, 0.15) is 5.02 Å². The average molecular weight is 345 g/mol. The Balaban J connectivity index is 1.87. The maximum Gasteiger partial charge on any atom is 0.328 e. The average Bonchev–Trinajstić information content (AvgIpc) is 2.47. The molecule has 1 atom stereocenters. The molecule has 1 aromatic carbocycles. The van der Waals surface area contributed by atoms with Crippen LogP contribution in [0.5, 0.6) is 0 Å². The van der Waals surface area contributed by atoms with E-state index in [0.29, 0.717) is 11.6 Å². The van der Waals surface area contributed by atoms with Crippen LogP contribution in [0.3, 0.4) is 0 Å². The van der Waals surface area contributed by atoms with E-state index in [1.165, 1.54) is 6.20 Å². The van der Waals surface area contributed by atoms with Crippen LogP contribution in [0.4, 0.5) is 0 Å². The van der Waals surface area contributed by atoms with Crippen LogP contribution < -0.4 is 11.2 Å². The Labute approximate surface area is 135 Å². The number of H-pyrrole nitrogens is 1. The van der Waals surface area contributed by atoms with Gasteiger partial charge < -0.3 is 9.84 Å². The van der Waals surface area contributed by atoms with Crippen molar-refractivity contribution < 1.29 is 9.84 Å². The summed E-state index contributed by atoms with van der Waals surface area (Å²) in [5.74, 6) is 0. The number of nitrogens with one attached hydrogen (secondary N) is 1. The van der Waals surface area contributed by atoms with Crippen molar-refractivity contribution in [2.75, 3.05) is 6.61 Å². The smallest absolute Gasteiger partial charge is 0.328 e. The zero-order valence-corrected chi connectivity index (χ0v) is 13.0. The number of aromatic amines is 1. The highest BCUT2D eigenvalue weighted by molar-refractivity contribution is 6.30. The van der Waals surface area contributed by atoms with Crippen molar-refractivity contribution >= 4 is 23.2 Å². The van der Waals surface area contributed by atoms with E-state index in [1.807, 2.05) is 12.1 Å². The first kappa shape index (κ1) is 16.8. The maximum absolute atomic E-state index is 11.5. The van der Waals surface area contributed by atoms with Gasteiger partial charge in [0.25, 0.3) is 5.56 Å². The Morgan fingerprint density at radius 2 is 1.91 bits per heavy atom. The van der Waals surface area contributed by atoms with Gasteiger partial charge in [0.05, 0.1) is 25.9 Å². The number of nitrogens with zero attached hydrogens (tertiary/aromatic N) is 1. The first-order valence-corrected chi connectivity index (χ1v) is 7.21. The van der Waals surface area contributed by atoms with E-state index in [2.05, 4.69) is 4.98 Å². The van der Waals surface area contributed by atoms with Crippen LogP contribution in [-0.4, -0.2) is 27.4 Å². The van der Waals surface area contributed by atoms with Crippen molar-refractivity contribution in [2.45, 2.75) is 19.3 Å². The Bertz CT molecular complexity index is 740. The Morgan fingerprint density at radius 3 is 2.59 bits per heavy atom. The normalized spacial score (nSPS) is 12.3. The van der Waals surface area contributed by atoms with Gasteiger partial charge in [-0.05, 0) is 17.7 Å². The second-order valence-corrected chi connectivity index (χ2v) is 5.53. The lowest BCUT2D eigenvalue weighted by molar-refractivity contribution is 0.0197. The van der Waals surface area contributed by atoms with Crippen molar-refractivity contribution in [1.82, 2.24) is 9.55 Å². The fourth-order valence-electron chi connectivity index (χ4n) is 1.79. The second-order valence-electron chi connectivity index (χ2n) is 4.68. The zero-order chi connectivity index (χ0) is 16.1. The van der Waals surface area contributed by atoms with Gasteiger partial charge in [0.2, 0.25) is 0 Å². The van der Waals surface area contributed by atoms with Crippen LogP contribution in [0.25, 0.3) is 0 Å². The van der Waals surface area contributed by atoms with E-state index in [-0.39, 0.29) is 18.2 Å². The number of aliphatic hydroxyl groups excluding tert-OH is 1. The molecular weight excluding hydrogens is 331 g/mol. The number of halogens is 2. The molecule has 6 nitrogen and oxygen atoms in total. The standard InChI is InChI=1S/C14H14Cl2N2O4/c15-10-3-1-9(2-4-10)7-22-8-11(19)5-18-6-12(16)13(20)17-14(18)21/h1-4,6,11,19H,5,7-8H2,(H,17,20,21)/t11-/m0/s1. The number of hydrogen-bond donors (Lipinski definition) is 2. The third-order valence-electron chi connectivity index (χ3n) is 2.87. The fourth-order valence-corrected chi connectivity index (χ4v) is 2.08. The summed E-state index contributed by atoms with van der Waals surface area (Å²) in [4.78, 5) is 24.7. The van der Waals surface area contributed by atoms with Crippen LogP contribution in [0.2, 0.25) is 10.0 Å². The van der Waals surface area contributed by atoms with Crippen molar-refractivity contribution in [3.05, 3.63) is 66.9 Å². The molecule has 118 valence electrons. The Morgan fingerprint density at radius 1 is 1.23 bits per heavy atom. The van der Waals surface area contributed by atoms with Gasteiger partial charge in [-0.15, -0.1) is 0 Å². The summed E-state index contributed by atoms with van der Waals surface area (Å²) in [7, 11) is 0. The lowest BCUT2D eigenvalue weighted by Gasteiger charge is -2.13. The van der Waals surface area contributed by atoms with E-state index in [4.69, 9.17) is 27.9 Å². The first-order chi connectivity index (χ1) is 10.5. The maximum atomic E-state index is 11.5. The molecule has 22 heavy (non-hydrogen) atoms. The Hall–Kier alpha value is -1.60. The Kier molecular flexibility index (Phi) is 5.79. The van der Waals surface area contributed by atoms with Crippen molar-refractivity contribution in [1.29, 1.82) is 0 Å². The van der Waals surface area contributed by atoms with Crippen LogP contribution >= 0.6 is 23.2 Å². The molecule has 1 heterocycles. The minimum atomic E-state index is -0.910. The largest absolute Gasteiger partial charge is 0.389 e. The molecule has 0 radical (unpaired) electrons. The highest BCUT2D eigenvalue weighted by Crippen LogP contribution is 2.10. The lowest BCUT2D eigenvalue weighted by Crippen LogP contribution is -2.34. The van der Waals surface area contributed by atoms with Gasteiger partial charge in [0.15, 0.2) is 0 Å². The molecule has 1 aromatic heterocycles. The predicted molar refractivity (Wildman–Crippen MR) is 83.4 cm³/mol. The second kappa shape index (κ2) is 7.60. The van der Waals surface area contributed by atoms with Crippen molar-refractivity contribution in [3.63, 3.8) is 0 Å². The third kappa shape index (κ3) is 4.71. The molecule has 2 aromatic rings. The number of aromatic nitrogens is 2. The van der Waals surface area contributed by atoms with Gasteiger partial charge in [0, 0.05) is 11.2 Å². The summed E-state index contributed by atoms with van der Waals surface area (Å²) in [6, 6.07) is 7.14. The predicted octanol–water partition coefficient (Wildman–Crippen LogP) is 1.42. The number of ether oxygens (including phenoxy) is 1. The molecule has 2 rings (SSSR count). The van der Waals surface area contributed by atoms with Crippen LogP contribution in [-0.2, 0) is 17.9 Å². The summed E-state index contributed by atoms with van der Waals surface area (Å²) in [6.45, 7) is 0.317. The minimum Gasteiger partial charge on any atom is -0.389 e. The van der Waals surface area contributed by atoms with Crippen molar-refractivity contribution in [2.24, 2.45) is 0 Å². The molecular formula is C14H14Cl2N2O4. The van der Waals surface area contributed by atoms with Crippen LogP contribution in [0.15, 0.2) is 40.1 Å². The van der Waals surface area contributed by atoms with Crippen LogP contribution in [0, 0.1) is 0 Å². The van der Waals surface area contributed by atoms with E-state index in [0.717, 1.165) is 10.1 Å². The molecule has 8 heteroatoms. The summed E-state index contributed by atoms with van der Waals surface area (Å²) in [5, 5.41) is 10.4. The monoisotopic (exact) mass is 344 g/mol. The molecule has 2 N–H and O–H groups in total. The highest BCUT2D eigenvalue weighted by atomic mass is 35.5. The van der Waals surface area contributed by atoms with Crippen molar-refractivity contribution in [3.8, 4) is 0 Å². The summed E-state index contributed by atoms with van der Waals surface area (Å²) in [5.41, 5.74) is -0.372. The molecule has 0 aliphatic carbocycles. The van der Waals surface area contributed by atoms with Gasteiger partial charge in [-0.25, -0.2) is 4.79 Å². The molecule has 0 saturated heterocycles. The van der Waals surface area contributed by atoms with E-state index in [9.17, 15) is 14.7 Å². The number of hydrogen-bond acceptors (Lipinski definition) is 4. The first-order valence-electron chi connectivity index (χ1n) is 6.45.